The Morgan fingerprint density at radius 1 is 1.58 bits per heavy atom. The molecular formula is C13H16BrN3O2. The van der Waals surface area contributed by atoms with Gasteiger partial charge in [-0.25, -0.2) is 0 Å². The smallest absolute Gasteiger partial charge is 0.255 e. The highest BCUT2D eigenvalue weighted by Crippen LogP contribution is 2.25. The Morgan fingerprint density at radius 2 is 2.32 bits per heavy atom. The molecule has 0 bridgehead atoms. The Labute approximate surface area is 120 Å². The van der Waals surface area contributed by atoms with Gasteiger partial charge in [-0.05, 0) is 53.4 Å². The Hall–Kier alpha value is -1.56. The number of hydrogen-bond acceptors (Lipinski definition) is 3. The first kappa shape index (κ1) is 13.9. The van der Waals surface area contributed by atoms with Crippen LogP contribution in [0.15, 0.2) is 27.8 Å². The minimum absolute atomic E-state index is 0.0917. The molecule has 1 aromatic rings. The first-order valence-electron chi connectivity index (χ1n) is 6.09. The van der Waals surface area contributed by atoms with Crippen molar-refractivity contribution in [2.24, 2.45) is 10.9 Å². The van der Waals surface area contributed by atoms with Gasteiger partial charge in [0, 0.05) is 11.0 Å². The van der Waals surface area contributed by atoms with Gasteiger partial charge in [-0.2, -0.15) is 0 Å². The van der Waals surface area contributed by atoms with Crippen molar-refractivity contribution < 1.29 is 10.0 Å². The molecule has 102 valence electrons. The molecule has 0 aromatic heterocycles. The SMILES string of the molecule is Cc1ccc(C(=O)N2CCCC2/C(N)=N/O)c(Br)c1. The minimum atomic E-state index is -0.314. The Balaban J connectivity index is 2.28. The van der Waals surface area contributed by atoms with E-state index in [0.29, 0.717) is 12.1 Å². The van der Waals surface area contributed by atoms with E-state index in [-0.39, 0.29) is 17.8 Å². The van der Waals surface area contributed by atoms with Crippen LogP contribution >= 0.6 is 15.9 Å². The van der Waals surface area contributed by atoms with Gasteiger partial charge in [0.05, 0.1) is 11.6 Å². The van der Waals surface area contributed by atoms with Gasteiger partial charge in [0.15, 0.2) is 5.84 Å². The van der Waals surface area contributed by atoms with E-state index in [1.165, 1.54) is 0 Å². The monoisotopic (exact) mass is 325 g/mol. The summed E-state index contributed by atoms with van der Waals surface area (Å²) >= 11 is 3.41. The molecule has 1 saturated heterocycles. The van der Waals surface area contributed by atoms with Gasteiger partial charge in [0.2, 0.25) is 0 Å². The van der Waals surface area contributed by atoms with E-state index in [2.05, 4.69) is 21.1 Å². The molecule has 1 fully saturated rings. The third-order valence-electron chi connectivity index (χ3n) is 3.33. The molecule has 5 nitrogen and oxygen atoms in total. The number of carbonyl (C=O) groups excluding carboxylic acids is 1. The lowest BCUT2D eigenvalue weighted by Gasteiger charge is -2.24. The van der Waals surface area contributed by atoms with E-state index in [1.807, 2.05) is 19.1 Å². The van der Waals surface area contributed by atoms with Crippen LogP contribution in [0.2, 0.25) is 0 Å². The maximum absolute atomic E-state index is 12.5. The van der Waals surface area contributed by atoms with Crippen LogP contribution in [-0.2, 0) is 0 Å². The van der Waals surface area contributed by atoms with Crippen LogP contribution in [0.3, 0.4) is 0 Å². The second kappa shape index (κ2) is 5.61. The Bertz CT molecular complexity index is 531. The van der Waals surface area contributed by atoms with Gasteiger partial charge < -0.3 is 15.8 Å². The van der Waals surface area contributed by atoms with Gasteiger partial charge in [0.1, 0.15) is 0 Å². The highest BCUT2D eigenvalue weighted by atomic mass is 79.9. The predicted octanol–water partition coefficient (Wildman–Crippen LogP) is 2.11. The fourth-order valence-corrected chi connectivity index (χ4v) is 3.00. The molecule has 0 radical (unpaired) electrons. The van der Waals surface area contributed by atoms with Crippen LogP contribution in [0.1, 0.15) is 28.8 Å². The van der Waals surface area contributed by atoms with Gasteiger partial charge >= 0.3 is 0 Å². The molecule has 1 aromatic carbocycles. The summed E-state index contributed by atoms with van der Waals surface area (Å²) in [7, 11) is 0. The largest absolute Gasteiger partial charge is 0.409 e. The number of hydrogen-bond donors (Lipinski definition) is 2. The summed E-state index contributed by atoms with van der Waals surface area (Å²) in [6, 6.07) is 5.28. The fourth-order valence-electron chi connectivity index (χ4n) is 2.33. The molecule has 1 amide bonds. The van der Waals surface area contributed by atoms with E-state index >= 15 is 0 Å². The van der Waals surface area contributed by atoms with Crippen LogP contribution in [0, 0.1) is 6.92 Å². The van der Waals surface area contributed by atoms with E-state index in [0.717, 1.165) is 22.9 Å². The van der Waals surface area contributed by atoms with Gasteiger partial charge in [-0.1, -0.05) is 11.2 Å². The summed E-state index contributed by atoms with van der Waals surface area (Å²) in [5, 5.41) is 11.8. The minimum Gasteiger partial charge on any atom is -0.409 e. The summed E-state index contributed by atoms with van der Waals surface area (Å²) in [6.45, 7) is 2.59. The number of amides is 1. The summed E-state index contributed by atoms with van der Waals surface area (Å²) in [5.74, 6) is -0.00457. The third-order valence-corrected chi connectivity index (χ3v) is 3.98. The number of rotatable bonds is 2. The van der Waals surface area contributed by atoms with Crippen LogP contribution in [0.25, 0.3) is 0 Å². The van der Waals surface area contributed by atoms with Crippen molar-refractivity contribution >= 4 is 27.7 Å². The van der Waals surface area contributed by atoms with Gasteiger partial charge in [0.25, 0.3) is 5.91 Å². The summed E-state index contributed by atoms with van der Waals surface area (Å²) in [6.07, 6.45) is 1.58. The van der Waals surface area contributed by atoms with Crippen molar-refractivity contribution in [1.29, 1.82) is 0 Å². The normalized spacial score (nSPS) is 19.8. The lowest BCUT2D eigenvalue weighted by atomic mass is 10.1. The standard InChI is InChI=1S/C13H16BrN3O2/c1-8-4-5-9(10(14)7-8)13(18)17-6-2-3-11(17)12(15)16-19/h4-5,7,11,19H,2-3,6H2,1H3,(H2,15,16). The maximum Gasteiger partial charge on any atom is 0.255 e. The molecule has 6 heteroatoms. The Kier molecular flexibility index (Phi) is 4.09. The number of oxime groups is 1. The number of halogens is 1. The first-order valence-corrected chi connectivity index (χ1v) is 6.88. The molecule has 1 aliphatic heterocycles. The van der Waals surface area contributed by atoms with Crippen molar-refractivity contribution in [2.75, 3.05) is 6.54 Å². The molecule has 2 rings (SSSR count). The maximum atomic E-state index is 12.5. The van der Waals surface area contributed by atoms with Crippen LogP contribution in [-0.4, -0.2) is 34.4 Å². The van der Waals surface area contributed by atoms with Crippen molar-refractivity contribution in [3.63, 3.8) is 0 Å². The number of nitrogens with zero attached hydrogens (tertiary/aromatic N) is 2. The van der Waals surface area contributed by atoms with E-state index in [4.69, 9.17) is 10.9 Å². The van der Waals surface area contributed by atoms with Gasteiger partial charge in [-0.15, -0.1) is 0 Å². The molecule has 1 unspecified atom stereocenters. The number of carbonyl (C=O) groups is 1. The van der Waals surface area contributed by atoms with Crippen molar-refractivity contribution in [3.05, 3.63) is 33.8 Å². The van der Waals surface area contributed by atoms with E-state index in [1.54, 1.807) is 11.0 Å². The van der Waals surface area contributed by atoms with E-state index in [9.17, 15) is 4.79 Å². The molecule has 1 heterocycles. The highest BCUT2D eigenvalue weighted by Gasteiger charge is 2.33. The zero-order valence-electron chi connectivity index (χ0n) is 10.6. The van der Waals surface area contributed by atoms with Crippen molar-refractivity contribution in [3.8, 4) is 0 Å². The molecule has 0 spiro atoms. The highest BCUT2D eigenvalue weighted by molar-refractivity contribution is 9.10. The number of benzene rings is 1. The Morgan fingerprint density at radius 3 is 2.95 bits per heavy atom. The predicted molar refractivity (Wildman–Crippen MR) is 76.3 cm³/mol. The summed E-state index contributed by atoms with van der Waals surface area (Å²) < 4.78 is 0.766. The molecule has 0 aliphatic carbocycles. The lowest BCUT2D eigenvalue weighted by molar-refractivity contribution is 0.0767. The molecular weight excluding hydrogens is 310 g/mol. The quantitative estimate of drug-likeness (QED) is 0.378. The zero-order chi connectivity index (χ0) is 14.0. The first-order chi connectivity index (χ1) is 9.04. The second-order valence-electron chi connectivity index (χ2n) is 4.66. The van der Waals surface area contributed by atoms with Crippen LogP contribution < -0.4 is 5.73 Å². The molecule has 1 atom stereocenters. The fraction of sp³-hybridized carbons (Fsp3) is 0.385. The molecule has 0 saturated carbocycles. The second-order valence-corrected chi connectivity index (χ2v) is 5.52. The molecule has 3 N–H and O–H groups in total. The van der Waals surface area contributed by atoms with E-state index < -0.39 is 0 Å². The van der Waals surface area contributed by atoms with Crippen LogP contribution in [0.5, 0.6) is 0 Å². The average molecular weight is 326 g/mol. The summed E-state index contributed by atoms with van der Waals surface area (Å²) in [5.41, 5.74) is 7.32. The number of amidine groups is 1. The topological polar surface area (TPSA) is 78.9 Å². The third kappa shape index (κ3) is 2.73. The molecule has 19 heavy (non-hydrogen) atoms. The zero-order valence-corrected chi connectivity index (χ0v) is 12.2. The lowest BCUT2D eigenvalue weighted by Crippen LogP contribution is -2.44. The number of nitrogens with two attached hydrogens (primary N) is 1. The van der Waals surface area contributed by atoms with Crippen molar-refractivity contribution in [2.45, 2.75) is 25.8 Å². The van der Waals surface area contributed by atoms with Crippen LogP contribution in [0.4, 0.5) is 0 Å². The molecule has 1 aliphatic rings. The average Bonchev–Trinajstić information content (AvgIpc) is 2.86. The number of aryl methyl sites for hydroxylation is 1. The number of likely N-dealkylation sites (tertiary alicyclic amines) is 1. The van der Waals surface area contributed by atoms with Crippen molar-refractivity contribution in [1.82, 2.24) is 4.90 Å². The summed E-state index contributed by atoms with van der Waals surface area (Å²) in [4.78, 5) is 14.2. The van der Waals surface area contributed by atoms with Gasteiger partial charge in [-0.3, -0.25) is 4.79 Å².